The monoisotopic (exact) mass is 300 g/mol. The molecule has 0 atom stereocenters. The molecule has 1 N–H and O–H groups in total. The van der Waals surface area contributed by atoms with Crippen LogP contribution < -0.4 is 5.32 Å². The van der Waals surface area contributed by atoms with Crippen LogP contribution in [0.3, 0.4) is 0 Å². The molecular formula is C18H21FN2O. The van der Waals surface area contributed by atoms with Crippen molar-refractivity contribution in [2.24, 2.45) is 0 Å². The van der Waals surface area contributed by atoms with Crippen molar-refractivity contribution in [3.05, 3.63) is 65.5 Å². The molecule has 0 spiro atoms. The van der Waals surface area contributed by atoms with E-state index in [0.717, 1.165) is 44.1 Å². The zero-order valence-electron chi connectivity index (χ0n) is 12.6. The van der Waals surface area contributed by atoms with Crippen molar-refractivity contribution in [2.45, 2.75) is 13.1 Å². The molecule has 0 saturated carbocycles. The summed E-state index contributed by atoms with van der Waals surface area (Å²) in [5.74, 6) is -0.198. The Labute approximate surface area is 130 Å². The Morgan fingerprint density at radius 3 is 2.23 bits per heavy atom. The molecule has 0 unspecified atom stereocenters. The Morgan fingerprint density at radius 2 is 1.55 bits per heavy atom. The van der Waals surface area contributed by atoms with Gasteiger partial charge < -0.3 is 10.1 Å². The molecule has 0 radical (unpaired) electrons. The average Bonchev–Trinajstić information content (AvgIpc) is 2.57. The van der Waals surface area contributed by atoms with E-state index in [1.54, 1.807) is 12.1 Å². The highest BCUT2D eigenvalue weighted by atomic mass is 19.1. The van der Waals surface area contributed by atoms with Crippen molar-refractivity contribution in [3.63, 3.8) is 0 Å². The van der Waals surface area contributed by atoms with Crippen molar-refractivity contribution in [1.29, 1.82) is 0 Å². The first-order chi connectivity index (χ1) is 10.8. The molecule has 1 aliphatic heterocycles. The van der Waals surface area contributed by atoms with Gasteiger partial charge in [0.05, 0.1) is 13.2 Å². The molecule has 0 amide bonds. The van der Waals surface area contributed by atoms with Gasteiger partial charge in [0.2, 0.25) is 0 Å². The highest BCUT2D eigenvalue weighted by Crippen LogP contribution is 2.14. The number of nitrogens with one attached hydrogen (secondary N) is 1. The molecule has 1 fully saturated rings. The Morgan fingerprint density at radius 1 is 0.909 bits per heavy atom. The summed E-state index contributed by atoms with van der Waals surface area (Å²) in [5, 5.41) is 3.36. The fraction of sp³-hybridized carbons (Fsp3) is 0.333. The topological polar surface area (TPSA) is 24.5 Å². The van der Waals surface area contributed by atoms with Crippen LogP contribution >= 0.6 is 0 Å². The molecule has 2 aromatic carbocycles. The van der Waals surface area contributed by atoms with Gasteiger partial charge in [-0.05, 0) is 35.4 Å². The highest BCUT2D eigenvalue weighted by molar-refractivity contribution is 5.45. The summed E-state index contributed by atoms with van der Waals surface area (Å²) in [4.78, 5) is 2.41. The second-order valence-electron chi connectivity index (χ2n) is 5.57. The maximum Gasteiger partial charge on any atom is 0.123 e. The van der Waals surface area contributed by atoms with Gasteiger partial charge in [0.25, 0.3) is 0 Å². The minimum Gasteiger partial charge on any atom is -0.381 e. The average molecular weight is 300 g/mol. The van der Waals surface area contributed by atoms with Crippen molar-refractivity contribution in [3.8, 4) is 0 Å². The minimum atomic E-state index is -0.198. The minimum absolute atomic E-state index is 0.198. The van der Waals surface area contributed by atoms with E-state index in [4.69, 9.17) is 4.74 Å². The van der Waals surface area contributed by atoms with E-state index in [2.05, 4.69) is 34.5 Å². The standard InChI is InChI=1S/C18H21FN2O/c19-17-5-1-15(2-6-17)13-20-18-7-3-16(4-8-18)14-21-9-11-22-12-10-21/h1-8,20H,9-14H2. The van der Waals surface area contributed by atoms with Crippen LogP contribution in [0.25, 0.3) is 0 Å². The summed E-state index contributed by atoms with van der Waals surface area (Å²) in [7, 11) is 0. The molecule has 1 aliphatic rings. The summed E-state index contributed by atoms with van der Waals surface area (Å²) < 4.78 is 18.2. The van der Waals surface area contributed by atoms with Gasteiger partial charge >= 0.3 is 0 Å². The van der Waals surface area contributed by atoms with Gasteiger partial charge in [-0.25, -0.2) is 4.39 Å². The number of hydrogen-bond acceptors (Lipinski definition) is 3. The van der Waals surface area contributed by atoms with Crippen LogP contribution in [0.15, 0.2) is 48.5 Å². The third-order valence-corrected chi connectivity index (χ3v) is 3.87. The van der Waals surface area contributed by atoms with Crippen LogP contribution in [0.2, 0.25) is 0 Å². The third-order valence-electron chi connectivity index (χ3n) is 3.87. The van der Waals surface area contributed by atoms with Crippen molar-refractivity contribution in [2.75, 3.05) is 31.6 Å². The molecule has 4 heteroatoms. The zero-order chi connectivity index (χ0) is 15.2. The first kappa shape index (κ1) is 15.0. The lowest BCUT2D eigenvalue weighted by Gasteiger charge is -2.26. The molecule has 0 aromatic heterocycles. The summed E-state index contributed by atoms with van der Waals surface area (Å²) in [6.45, 7) is 5.34. The van der Waals surface area contributed by atoms with Gasteiger partial charge in [-0.3, -0.25) is 4.90 Å². The number of rotatable bonds is 5. The first-order valence-corrected chi connectivity index (χ1v) is 7.67. The maximum atomic E-state index is 12.9. The smallest absolute Gasteiger partial charge is 0.123 e. The van der Waals surface area contributed by atoms with E-state index >= 15 is 0 Å². The molecule has 2 aromatic rings. The van der Waals surface area contributed by atoms with E-state index in [0.29, 0.717) is 6.54 Å². The molecule has 116 valence electrons. The van der Waals surface area contributed by atoms with Crippen LogP contribution in [0.1, 0.15) is 11.1 Å². The van der Waals surface area contributed by atoms with E-state index in [1.165, 1.54) is 17.7 Å². The quantitative estimate of drug-likeness (QED) is 0.917. The molecule has 0 bridgehead atoms. The molecule has 3 rings (SSSR count). The fourth-order valence-corrected chi connectivity index (χ4v) is 2.55. The third kappa shape index (κ3) is 4.29. The Hall–Kier alpha value is -1.91. The van der Waals surface area contributed by atoms with E-state index < -0.39 is 0 Å². The number of nitrogens with zero attached hydrogens (tertiary/aromatic N) is 1. The molecule has 1 saturated heterocycles. The predicted molar refractivity (Wildman–Crippen MR) is 86.3 cm³/mol. The normalized spacial score (nSPS) is 15.7. The van der Waals surface area contributed by atoms with Crippen LogP contribution in [-0.4, -0.2) is 31.2 Å². The number of anilines is 1. The molecule has 3 nitrogen and oxygen atoms in total. The van der Waals surface area contributed by atoms with Crippen molar-refractivity contribution in [1.82, 2.24) is 4.90 Å². The summed E-state index contributed by atoms with van der Waals surface area (Å²) in [6, 6.07) is 15.1. The van der Waals surface area contributed by atoms with Gasteiger partial charge in [-0.15, -0.1) is 0 Å². The maximum absolute atomic E-state index is 12.9. The lowest BCUT2D eigenvalue weighted by atomic mass is 10.1. The largest absolute Gasteiger partial charge is 0.381 e. The number of halogens is 1. The van der Waals surface area contributed by atoms with Crippen LogP contribution in [-0.2, 0) is 17.8 Å². The van der Waals surface area contributed by atoms with Crippen LogP contribution in [0.4, 0.5) is 10.1 Å². The SMILES string of the molecule is Fc1ccc(CNc2ccc(CN3CCOCC3)cc2)cc1. The van der Waals surface area contributed by atoms with Crippen LogP contribution in [0.5, 0.6) is 0 Å². The van der Waals surface area contributed by atoms with Gasteiger partial charge in [0.1, 0.15) is 5.82 Å². The number of ether oxygens (including phenoxy) is 1. The van der Waals surface area contributed by atoms with Gasteiger partial charge in [0.15, 0.2) is 0 Å². The molecule has 22 heavy (non-hydrogen) atoms. The lowest BCUT2D eigenvalue weighted by Crippen LogP contribution is -2.35. The summed E-state index contributed by atoms with van der Waals surface area (Å²) >= 11 is 0. The van der Waals surface area contributed by atoms with Gasteiger partial charge in [0, 0.05) is 31.9 Å². The number of morpholine rings is 1. The Kier molecular flexibility index (Phi) is 5.03. The zero-order valence-corrected chi connectivity index (χ0v) is 12.6. The number of hydrogen-bond donors (Lipinski definition) is 1. The molecular weight excluding hydrogens is 279 g/mol. The highest BCUT2D eigenvalue weighted by Gasteiger charge is 2.10. The van der Waals surface area contributed by atoms with Gasteiger partial charge in [-0.1, -0.05) is 24.3 Å². The number of benzene rings is 2. The summed E-state index contributed by atoms with van der Waals surface area (Å²) in [5.41, 5.74) is 3.46. The van der Waals surface area contributed by atoms with Crippen molar-refractivity contribution < 1.29 is 9.13 Å². The fourth-order valence-electron chi connectivity index (χ4n) is 2.55. The second kappa shape index (κ2) is 7.38. The Balaban J connectivity index is 1.51. The predicted octanol–water partition coefficient (Wildman–Crippen LogP) is 3.27. The molecule has 1 heterocycles. The van der Waals surface area contributed by atoms with Crippen molar-refractivity contribution >= 4 is 5.69 Å². The van der Waals surface area contributed by atoms with E-state index in [-0.39, 0.29) is 5.82 Å². The molecule has 0 aliphatic carbocycles. The Bertz CT molecular complexity index is 577. The second-order valence-corrected chi connectivity index (χ2v) is 5.57. The lowest BCUT2D eigenvalue weighted by molar-refractivity contribution is 0.0342. The summed E-state index contributed by atoms with van der Waals surface area (Å²) in [6.07, 6.45) is 0. The van der Waals surface area contributed by atoms with Crippen LogP contribution in [0, 0.1) is 5.82 Å². The van der Waals surface area contributed by atoms with E-state index in [1.807, 2.05) is 0 Å². The first-order valence-electron chi connectivity index (χ1n) is 7.67. The van der Waals surface area contributed by atoms with Gasteiger partial charge in [-0.2, -0.15) is 0 Å². The van der Waals surface area contributed by atoms with E-state index in [9.17, 15) is 4.39 Å².